The minimum Gasteiger partial charge on any atom is -0.456 e. The van der Waals surface area contributed by atoms with E-state index in [2.05, 4.69) is 16.0 Å². The van der Waals surface area contributed by atoms with Crippen LogP contribution in [-0.2, 0) is 30.3 Å². The molecule has 0 saturated heterocycles. The second-order valence-electron chi connectivity index (χ2n) is 7.17. The van der Waals surface area contributed by atoms with Gasteiger partial charge in [-0.1, -0.05) is 25.1 Å². The summed E-state index contributed by atoms with van der Waals surface area (Å²) in [6, 6.07) is 7.38. The van der Waals surface area contributed by atoms with E-state index in [0.717, 1.165) is 12.0 Å². The first-order valence-corrected chi connectivity index (χ1v) is 9.37. The maximum Gasteiger partial charge on any atom is 0.407 e. The molecule has 9 nitrogen and oxygen atoms in total. The van der Waals surface area contributed by atoms with Gasteiger partial charge < -0.3 is 25.4 Å². The number of rotatable bonds is 9. The van der Waals surface area contributed by atoms with Gasteiger partial charge in [0.1, 0.15) is 5.60 Å². The first-order valence-electron chi connectivity index (χ1n) is 9.37. The van der Waals surface area contributed by atoms with Gasteiger partial charge in [0.25, 0.3) is 5.91 Å². The Morgan fingerprint density at radius 1 is 1.00 bits per heavy atom. The second-order valence-corrected chi connectivity index (χ2v) is 7.17. The summed E-state index contributed by atoms with van der Waals surface area (Å²) in [5.74, 6) is -1.64. The van der Waals surface area contributed by atoms with Crippen molar-refractivity contribution in [3.05, 3.63) is 29.8 Å². The van der Waals surface area contributed by atoms with E-state index in [4.69, 9.17) is 9.47 Å². The zero-order valence-electron chi connectivity index (χ0n) is 17.3. The van der Waals surface area contributed by atoms with Gasteiger partial charge in [-0.25, -0.2) is 4.79 Å². The molecule has 0 unspecified atom stereocenters. The molecule has 0 fully saturated rings. The molecule has 0 atom stereocenters. The van der Waals surface area contributed by atoms with Gasteiger partial charge in [-0.15, -0.1) is 0 Å². The number of hydrogen-bond donors (Lipinski definition) is 3. The van der Waals surface area contributed by atoms with Crippen LogP contribution in [0.3, 0.4) is 0 Å². The van der Waals surface area contributed by atoms with Gasteiger partial charge in [-0.2, -0.15) is 0 Å². The molecular formula is C20H29N3O6. The van der Waals surface area contributed by atoms with Crippen LogP contribution in [-0.4, -0.2) is 49.2 Å². The number of benzene rings is 1. The van der Waals surface area contributed by atoms with Crippen molar-refractivity contribution in [2.24, 2.45) is 0 Å². The fraction of sp³-hybridized carbons (Fsp3) is 0.500. The van der Waals surface area contributed by atoms with E-state index in [-0.39, 0.29) is 25.4 Å². The maximum atomic E-state index is 11.9. The van der Waals surface area contributed by atoms with E-state index in [1.165, 1.54) is 0 Å². The zero-order valence-corrected chi connectivity index (χ0v) is 17.3. The number of anilines is 1. The molecule has 0 bridgehead atoms. The summed E-state index contributed by atoms with van der Waals surface area (Å²) in [6.07, 6.45) is 0.0150. The molecule has 0 aliphatic carbocycles. The predicted molar refractivity (Wildman–Crippen MR) is 107 cm³/mol. The lowest BCUT2D eigenvalue weighted by atomic mass is 10.1. The molecule has 9 heteroatoms. The Morgan fingerprint density at radius 2 is 1.69 bits per heavy atom. The summed E-state index contributed by atoms with van der Waals surface area (Å²) in [4.78, 5) is 46.7. The molecule has 160 valence electrons. The first-order chi connectivity index (χ1) is 13.6. The molecule has 0 saturated carbocycles. The van der Waals surface area contributed by atoms with E-state index >= 15 is 0 Å². The van der Waals surface area contributed by atoms with E-state index in [9.17, 15) is 19.2 Å². The van der Waals surface area contributed by atoms with Crippen LogP contribution in [0.5, 0.6) is 0 Å². The Labute approximate surface area is 170 Å². The van der Waals surface area contributed by atoms with Crippen molar-refractivity contribution in [1.29, 1.82) is 0 Å². The molecule has 3 N–H and O–H groups in total. The summed E-state index contributed by atoms with van der Waals surface area (Å²) in [5.41, 5.74) is 1.05. The Hall–Kier alpha value is -3.10. The zero-order chi connectivity index (χ0) is 21.9. The molecule has 1 rings (SSSR count). The average Bonchev–Trinajstić information content (AvgIpc) is 2.63. The molecular weight excluding hydrogens is 378 g/mol. The second kappa shape index (κ2) is 11.7. The molecule has 1 aromatic rings. The van der Waals surface area contributed by atoms with Crippen molar-refractivity contribution in [3.63, 3.8) is 0 Å². The lowest BCUT2D eigenvalue weighted by molar-refractivity contribution is -0.148. The van der Waals surface area contributed by atoms with Gasteiger partial charge in [-0.05, 0) is 38.8 Å². The number of hydrogen-bond acceptors (Lipinski definition) is 6. The summed E-state index contributed by atoms with van der Waals surface area (Å²) >= 11 is 0. The van der Waals surface area contributed by atoms with Crippen LogP contribution >= 0.6 is 0 Å². The molecule has 0 spiro atoms. The van der Waals surface area contributed by atoms with Gasteiger partial charge in [0.05, 0.1) is 13.0 Å². The molecule has 0 heterocycles. The van der Waals surface area contributed by atoms with Crippen molar-refractivity contribution in [1.82, 2.24) is 10.6 Å². The number of ether oxygens (including phenoxy) is 2. The van der Waals surface area contributed by atoms with Gasteiger partial charge in [0, 0.05) is 12.2 Å². The number of alkyl carbamates (subject to hydrolysis) is 1. The fourth-order valence-corrected chi connectivity index (χ4v) is 2.17. The van der Waals surface area contributed by atoms with Crippen molar-refractivity contribution in [2.75, 3.05) is 25.0 Å². The molecule has 0 aliphatic heterocycles. The largest absolute Gasteiger partial charge is 0.456 e. The highest BCUT2D eigenvalue weighted by Crippen LogP contribution is 2.14. The lowest BCUT2D eigenvalue weighted by Gasteiger charge is -2.19. The molecule has 0 aliphatic rings. The third kappa shape index (κ3) is 10.7. The van der Waals surface area contributed by atoms with Crippen molar-refractivity contribution >= 4 is 29.6 Å². The number of amides is 3. The highest BCUT2D eigenvalue weighted by molar-refractivity contribution is 5.95. The van der Waals surface area contributed by atoms with Gasteiger partial charge in [0.15, 0.2) is 6.61 Å². The van der Waals surface area contributed by atoms with Crippen LogP contribution in [0.1, 0.15) is 39.7 Å². The summed E-state index contributed by atoms with van der Waals surface area (Å²) in [7, 11) is 0. The molecule has 1 aromatic carbocycles. The number of nitrogens with one attached hydrogen (secondary N) is 3. The standard InChI is InChI=1S/C20H29N3O6/c1-5-14-8-6-7-9-15(14)23-16(24)12-22-17(25)13-28-18(26)10-11-21-19(27)29-20(2,3)4/h6-9H,5,10-13H2,1-4H3,(H,21,27)(H,22,25)(H,23,24). The number of carbonyl (C=O) groups excluding carboxylic acids is 4. The summed E-state index contributed by atoms with van der Waals surface area (Å²) < 4.78 is 9.82. The SMILES string of the molecule is CCc1ccccc1NC(=O)CNC(=O)COC(=O)CCNC(=O)OC(C)(C)C. The number of carbonyl (C=O) groups is 4. The van der Waals surface area contributed by atoms with Crippen LogP contribution in [0, 0.1) is 0 Å². The third-order valence-corrected chi connectivity index (χ3v) is 3.48. The Morgan fingerprint density at radius 3 is 2.34 bits per heavy atom. The first kappa shape index (κ1) is 23.9. The summed E-state index contributed by atoms with van der Waals surface area (Å²) in [5, 5.41) is 7.52. The van der Waals surface area contributed by atoms with Gasteiger partial charge >= 0.3 is 12.1 Å². The van der Waals surface area contributed by atoms with Crippen LogP contribution < -0.4 is 16.0 Å². The van der Waals surface area contributed by atoms with Crippen LogP contribution in [0.2, 0.25) is 0 Å². The van der Waals surface area contributed by atoms with Gasteiger partial charge in [-0.3, -0.25) is 14.4 Å². The highest BCUT2D eigenvalue weighted by Gasteiger charge is 2.16. The topological polar surface area (TPSA) is 123 Å². The van der Waals surface area contributed by atoms with Crippen LogP contribution in [0.4, 0.5) is 10.5 Å². The molecule has 3 amide bonds. The van der Waals surface area contributed by atoms with Crippen LogP contribution in [0.25, 0.3) is 0 Å². The maximum absolute atomic E-state index is 11.9. The summed E-state index contributed by atoms with van der Waals surface area (Å²) in [6.45, 7) is 6.42. The van der Waals surface area contributed by atoms with E-state index in [1.54, 1.807) is 26.8 Å². The smallest absolute Gasteiger partial charge is 0.407 e. The van der Waals surface area contributed by atoms with E-state index in [1.807, 2.05) is 25.1 Å². The van der Waals surface area contributed by atoms with Crippen molar-refractivity contribution in [2.45, 2.75) is 46.1 Å². The fourth-order valence-electron chi connectivity index (χ4n) is 2.17. The monoisotopic (exact) mass is 407 g/mol. The lowest BCUT2D eigenvalue weighted by Crippen LogP contribution is -2.36. The molecule has 0 aromatic heterocycles. The predicted octanol–water partition coefficient (Wildman–Crippen LogP) is 1.76. The third-order valence-electron chi connectivity index (χ3n) is 3.48. The molecule has 0 radical (unpaired) electrons. The normalized spacial score (nSPS) is 10.6. The van der Waals surface area contributed by atoms with Crippen molar-refractivity contribution < 1.29 is 28.7 Å². The van der Waals surface area contributed by atoms with E-state index in [0.29, 0.717) is 5.69 Å². The van der Waals surface area contributed by atoms with Gasteiger partial charge in [0.2, 0.25) is 5.91 Å². The minimum absolute atomic E-state index is 0.0224. The van der Waals surface area contributed by atoms with E-state index < -0.39 is 30.2 Å². The number of para-hydroxylation sites is 1. The Kier molecular flexibility index (Phi) is 9.64. The van der Waals surface area contributed by atoms with Crippen LogP contribution in [0.15, 0.2) is 24.3 Å². The quantitative estimate of drug-likeness (QED) is 0.536. The minimum atomic E-state index is -0.655. The average molecular weight is 407 g/mol. The highest BCUT2D eigenvalue weighted by atomic mass is 16.6. The Balaban J connectivity index is 2.22. The molecule has 29 heavy (non-hydrogen) atoms. The Bertz CT molecular complexity index is 727. The number of aryl methyl sites for hydroxylation is 1. The number of esters is 1. The van der Waals surface area contributed by atoms with Crippen molar-refractivity contribution in [3.8, 4) is 0 Å².